The monoisotopic (exact) mass is 191 g/mol. The molecule has 0 saturated heterocycles. The van der Waals surface area contributed by atoms with Crippen molar-refractivity contribution in [1.29, 1.82) is 0 Å². The Balaban J connectivity index is 2.47. The zero-order chi connectivity index (χ0) is 9.10. The lowest BCUT2D eigenvalue weighted by atomic mass is 10.1. The van der Waals surface area contributed by atoms with Crippen LogP contribution in [0.25, 0.3) is 11.3 Å². The van der Waals surface area contributed by atoms with Gasteiger partial charge in [-0.25, -0.2) is 0 Å². The summed E-state index contributed by atoms with van der Waals surface area (Å²) in [6.45, 7) is 0. The van der Waals surface area contributed by atoms with Gasteiger partial charge in [-0.15, -0.1) is 0 Å². The minimum absolute atomic E-state index is 0.844. The van der Waals surface area contributed by atoms with Crippen LogP contribution in [0.3, 0.4) is 0 Å². The van der Waals surface area contributed by atoms with Gasteiger partial charge in [0.1, 0.15) is 5.69 Å². The molecule has 2 aromatic rings. The van der Waals surface area contributed by atoms with E-state index in [1.54, 1.807) is 7.11 Å². The summed E-state index contributed by atoms with van der Waals surface area (Å²) in [5.41, 5.74) is 2.02. The van der Waals surface area contributed by atoms with Crippen molar-refractivity contribution >= 4 is 11.5 Å². The maximum absolute atomic E-state index is 5.19. The fourth-order valence-corrected chi connectivity index (χ4v) is 1.82. The van der Waals surface area contributed by atoms with Crippen LogP contribution < -0.4 is 4.74 Å². The van der Waals surface area contributed by atoms with Crippen molar-refractivity contribution in [1.82, 2.24) is 4.37 Å². The quantitative estimate of drug-likeness (QED) is 0.728. The first-order chi connectivity index (χ1) is 6.42. The van der Waals surface area contributed by atoms with Crippen LogP contribution in [-0.4, -0.2) is 11.5 Å². The molecule has 0 unspecified atom stereocenters. The highest BCUT2D eigenvalue weighted by atomic mass is 32.1. The van der Waals surface area contributed by atoms with Crippen molar-refractivity contribution in [2.75, 3.05) is 7.11 Å². The van der Waals surface area contributed by atoms with Crippen LogP contribution in [-0.2, 0) is 0 Å². The molecule has 1 aromatic heterocycles. The van der Waals surface area contributed by atoms with E-state index in [-0.39, 0.29) is 0 Å². The predicted molar refractivity (Wildman–Crippen MR) is 54.1 cm³/mol. The molecule has 0 aliphatic rings. The van der Waals surface area contributed by atoms with Crippen molar-refractivity contribution in [3.8, 4) is 17.0 Å². The molecule has 1 aromatic carbocycles. The smallest absolute Gasteiger partial charge is 0.157 e. The maximum atomic E-state index is 5.19. The van der Waals surface area contributed by atoms with E-state index in [9.17, 15) is 0 Å². The van der Waals surface area contributed by atoms with Gasteiger partial charge in [-0.1, -0.05) is 30.3 Å². The van der Waals surface area contributed by atoms with Crippen LogP contribution in [0.2, 0.25) is 0 Å². The van der Waals surface area contributed by atoms with E-state index in [2.05, 4.69) is 4.37 Å². The van der Waals surface area contributed by atoms with E-state index < -0.39 is 0 Å². The van der Waals surface area contributed by atoms with Gasteiger partial charge >= 0.3 is 0 Å². The summed E-state index contributed by atoms with van der Waals surface area (Å²) in [4.78, 5) is 0. The van der Waals surface area contributed by atoms with Gasteiger partial charge in [-0.2, -0.15) is 4.37 Å². The molecule has 13 heavy (non-hydrogen) atoms. The van der Waals surface area contributed by atoms with Gasteiger partial charge in [0.05, 0.1) is 12.5 Å². The zero-order valence-electron chi connectivity index (χ0n) is 7.23. The van der Waals surface area contributed by atoms with Crippen molar-refractivity contribution in [2.24, 2.45) is 0 Å². The molecule has 0 saturated carbocycles. The standard InChI is InChI=1S/C10H9NOS/c1-12-9-7-13-11-10(9)8-5-3-2-4-6-8/h2-7H,1H3. The topological polar surface area (TPSA) is 22.1 Å². The van der Waals surface area contributed by atoms with E-state index >= 15 is 0 Å². The largest absolute Gasteiger partial charge is 0.494 e. The molecule has 0 atom stereocenters. The Morgan fingerprint density at radius 1 is 1.23 bits per heavy atom. The number of rotatable bonds is 2. The maximum Gasteiger partial charge on any atom is 0.157 e. The molecule has 2 rings (SSSR count). The molecule has 3 heteroatoms. The molecule has 0 N–H and O–H groups in total. The van der Waals surface area contributed by atoms with E-state index in [4.69, 9.17) is 4.74 Å². The third kappa shape index (κ3) is 1.55. The van der Waals surface area contributed by atoms with Crippen LogP contribution in [0.5, 0.6) is 5.75 Å². The molecule has 0 amide bonds. The van der Waals surface area contributed by atoms with E-state index in [1.807, 2.05) is 35.7 Å². The van der Waals surface area contributed by atoms with Crippen molar-refractivity contribution < 1.29 is 4.74 Å². The van der Waals surface area contributed by atoms with Gasteiger partial charge in [0.2, 0.25) is 0 Å². The SMILES string of the molecule is COc1csnc1-c1ccccc1. The van der Waals surface area contributed by atoms with Crippen LogP contribution >= 0.6 is 11.5 Å². The van der Waals surface area contributed by atoms with Crippen LogP contribution in [0.1, 0.15) is 0 Å². The summed E-state index contributed by atoms with van der Waals surface area (Å²) in [5.74, 6) is 0.844. The second kappa shape index (κ2) is 3.58. The highest BCUT2D eigenvalue weighted by Crippen LogP contribution is 2.29. The fraction of sp³-hybridized carbons (Fsp3) is 0.100. The second-order valence-corrected chi connectivity index (χ2v) is 3.23. The molecular formula is C10H9NOS. The minimum Gasteiger partial charge on any atom is -0.494 e. The Bertz CT molecular complexity index is 383. The summed E-state index contributed by atoms with van der Waals surface area (Å²) >= 11 is 1.41. The van der Waals surface area contributed by atoms with Crippen LogP contribution in [0.4, 0.5) is 0 Å². The predicted octanol–water partition coefficient (Wildman–Crippen LogP) is 2.82. The number of benzene rings is 1. The molecule has 0 bridgehead atoms. The third-order valence-electron chi connectivity index (χ3n) is 1.80. The molecule has 2 nitrogen and oxygen atoms in total. The Morgan fingerprint density at radius 2 is 2.00 bits per heavy atom. The first-order valence-electron chi connectivity index (χ1n) is 3.95. The Hall–Kier alpha value is -1.35. The lowest BCUT2D eigenvalue weighted by Crippen LogP contribution is -1.83. The number of nitrogens with zero attached hydrogens (tertiary/aromatic N) is 1. The van der Waals surface area contributed by atoms with Gasteiger partial charge in [0.25, 0.3) is 0 Å². The van der Waals surface area contributed by atoms with E-state index in [0.717, 1.165) is 17.0 Å². The Labute approximate surface area is 81.0 Å². The molecule has 0 radical (unpaired) electrons. The molecule has 0 fully saturated rings. The molecule has 0 spiro atoms. The summed E-state index contributed by atoms with van der Waals surface area (Å²) in [7, 11) is 1.66. The number of ether oxygens (including phenoxy) is 1. The molecule has 66 valence electrons. The normalized spacial score (nSPS) is 9.92. The minimum atomic E-state index is 0.844. The zero-order valence-corrected chi connectivity index (χ0v) is 8.04. The Morgan fingerprint density at radius 3 is 2.69 bits per heavy atom. The van der Waals surface area contributed by atoms with Crippen molar-refractivity contribution in [2.45, 2.75) is 0 Å². The second-order valence-electron chi connectivity index (χ2n) is 2.60. The molecule has 1 heterocycles. The van der Waals surface area contributed by atoms with Gasteiger partial charge in [0.15, 0.2) is 5.75 Å². The van der Waals surface area contributed by atoms with Gasteiger partial charge in [-0.3, -0.25) is 0 Å². The first kappa shape index (κ1) is 8.26. The number of hydrogen-bond donors (Lipinski definition) is 0. The van der Waals surface area contributed by atoms with Gasteiger partial charge in [0, 0.05) is 5.56 Å². The third-order valence-corrected chi connectivity index (χ3v) is 2.41. The van der Waals surface area contributed by atoms with Crippen molar-refractivity contribution in [3.63, 3.8) is 0 Å². The molecule has 0 aliphatic carbocycles. The van der Waals surface area contributed by atoms with E-state index in [0.29, 0.717) is 0 Å². The fourth-order valence-electron chi connectivity index (χ4n) is 1.16. The lowest BCUT2D eigenvalue weighted by Gasteiger charge is -1.99. The lowest BCUT2D eigenvalue weighted by molar-refractivity contribution is 0.417. The highest BCUT2D eigenvalue weighted by Gasteiger charge is 2.07. The van der Waals surface area contributed by atoms with Crippen LogP contribution in [0.15, 0.2) is 35.7 Å². The van der Waals surface area contributed by atoms with E-state index in [1.165, 1.54) is 11.5 Å². The number of methoxy groups -OCH3 is 1. The average Bonchev–Trinajstić information content (AvgIpc) is 2.67. The summed E-state index contributed by atoms with van der Waals surface area (Å²) < 4.78 is 9.46. The van der Waals surface area contributed by atoms with Crippen LogP contribution in [0, 0.1) is 0 Å². The Kier molecular flexibility index (Phi) is 2.27. The summed E-state index contributed by atoms with van der Waals surface area (Å²) in [6, 6.07) is 10.0. The van der Waals surface area contributed by atoms with Gasteiger partial charge < -0.3 is 4.74 Å². The first-order valence-corrected chi connectivity index (χ1v) is 4.79. The summed E-state index contributed by atoms with van der Waals surface area (Å²) in [5, 5.41) is 1.91. The molecule has 0 aliphatic heterocycles. The van der Waals surface area contributed by atoms with Gasteiger partial charge in [-0.05, 0) is 11.5 Å². The number of hydrogen-bond acceptors (Lipinski definition) is 3. The number of aromatic nitrogens is 1. The molecular weight excluding hydrogens is 182 g/mol. The van der Waals surface area contributed by atoms with Crippen molar-refractivity contribution in [3.05, 3.63) is 35.7 Å². The summed E-state index contributed by atoms with van der Waals surface area (Å²) in [6.07, 6.45) is 0. The average molecular weight is 191 g/mol. The highest BCUT2D eigenvalue weighted by molar-refractivity contribution is 7.04.